The summed E-state index contributed by atoms with van der Waals surface area (Å²) in [4.78, 5) is 15.3. The summed E-state index contributed by atoms with van der Waals surface area (Å²) < 4.78 is 6.88. The van der Waals surface area contributed by atoms with Gasteiger partial charge < -0.3 is 20.3 Å². The molecule has 0 amide bonds. The number of halogens is 1. The zero-order chi connectivity index (χ0) is 16.6. The van der Waals surface area contributed by atoms with Gasteiger partial charge in [-0.15, -0.1) is 0 Å². The maximum atomic E-state index is 11.3. The SMILES string of the molecule is CCOc1cc([C@H]2C=C(C(=O)O)Nc3ncnn32)cc(Cl)c1O. The number of aromatic nitrogens is 3. The van der Waals surface area contributed by atoms with Gasteiger partial charge in [0.25, 0.3) is 0 Å². The molecule has 1 aliphatic rings. The molecule has 0 fully saturated rings. The van der Waals surface area contributed by atoms with Gasteiger partial charge in [0.15, 0.2) is 11.5 Å². The van der Waals surface area contributed by atoms with E-state index in [0.29, 0.717) is 18.1 Å². The summed E-state index contributed by atoms with van der Waals surface area (Å²) >= 11 is 6.05. The third kappa shape index (κ3) is 2.68. The number of aromatic hydroxyl groups is 1. The van der Waals surface area contributed by atoms with Crippen molar-refractivity contribution < 1.29 is 19.7 Å². The number of phenols is 1. The average Bonchev–Trinajstić information content (AvgIpc) is 2.99. The number of rotatable bonds is 4. The fourth-order valence-corrected chi connectivity index (χ4v) is 2.55. The van der Waals surface area contributed by atoms with Crippen LogP contribution in [0.15, 0.2) is 30.2 Å². The van der Waals surface area contributed by atoms with Crippen molar-refractivity contribution >= 4 is 23.5 Å². The zero-order valence-electron chi connectivity index (χ0n) is 12.0. The van der Waals surface area contributed by atoms with Gasteiger partial charge in [0.1, 0.15) is 18.1 Å². The normalized spacial score (nSPS) is 16.3. The summed E-state index contributed by atoms with van der Waals surface area (Å²) in [6.45, 7) is 2.13. The number of carboxylic acids is 1. The minimum atomic E-state index is -1.11. The first-order valence-corrected chi connectivity index (χ1v) is 7.16. The predicted octanol–water partition coefficient (Wildman–Crippen LogP) is 2.02. The van der Waals surface area contributed by atoms with Gasteiger partial charge in [-0.3, -0.25) is 0 Å². The van der Waals surface area contributed by atoms with Crippen LogP contribution in [-0.2, 0) is 4.79 Å². The van der Waals surface area contributed by atoms with E-state index in [9.17, 15) is 15.0 Å². The van der Waals surface area contributed by atoms with Crippen molar-refractivity contribution in [3.8, 4) is 11.5 Å². The van der Waals surface area contributed by atoms with Crippen molar-refractivity contribution in [2.24, 2.45) is 0 Å². The van der Waals surface area contributed by atoms with E-state index in [2.05, 4.69) is 15.4 Å². The fourth-order valence-electron chi connectivity index (χ4n) is 2.33. The highest BCUT2D eigenvalue weighted by Gasteiger charge is 2.27. The molecule has 0 saturated heterocycles. The highest BCUT2D eigenvalue weighted by molar-refractivity contribution is 6.32. The molecular formula is C14H13ClN4O4. The van der Waals surface area contributed by atoms with E-state index in [-0.39, 0.29) is 22.2 Å². The van der Waals surface area contributed by atoms with Crippen LogP contribution >= 0.6 is 11.6 Å². The number of ether oxygens (including phenoxy) is 1. The third-order valence-corrected chi connectivity index (χ3v) is 3.62. The molecular weight excluding hydrogens is 324 g/mol. The van der Waals surface area contributed by atoms with Gasteiger partial charge in [-0.25, -0.2) is 9.48 Å². The molecule has 8 nitrogen and oxygen atoms in total. The molecule has 9 heteroatoms. The number of nitrogens with zero attached hydrogens (tertiary/aromatic N) is 3. The van der Waals surface area contributed by atoms with Crippen molar-refractivity contribution in [2.75, 3.05) is 11.9 Å². The van der Waals surface area contributed by atoms with Gasteiger partial charge in [-0.1, -0.05) is 11.6 Å². The second kappa shape index (κ2) is 5.81. The predicted molar refractivity (Wildman–Crippen MR) is 81.8 cm³/mol. The van der Waals surface area contributed by atoms with E-state index in [0.717, 1.165) is 0 Å². The van der Waals surface area contributed by atoms with Gasteiger partial charge in [0.05, 0.1) is 11.6 Å². The molecule has 1 aromatic heterocycles. The largest absolute Gasteiger partial charge is 0.503 e. The lowest BCUT2D eigenvalue weighted by molar-refractivity contribution is -0.132. The minimum Gasteiger partial charge on any atom is -0.503 e. The molecule has 0 unspecified atom stereocenters. The molecule has 0 radical (unpaired) electrons. The van der Waals surface area contributed by atoms with E-state index in [4.69, 9.17) is 16.3 Å². The monoisotopic (exact) mass is 336 g/mol. The molecule has 0 aliphatic carbocycles. The zero-order valence-corrected chi connectivity index (χ0v) is 12.8. The Kier molecular flexibility index (Phi) is 3.83. The first-order chi connectivity index (χ1) is 11.0. The van der Waals surface area contributed by atoms with E-state index in [1.165, 1.54) is 23.2 Å². The standard InChI is InChI=1S/C14H13ClN4O4/c1-2-23-11-4-7(3-8(15)12(11)20)10-5-9(13(21)22)18-14-16-6-17-19(10)14/h3-6,10,20H,2H2,1H3,(H,21,22)(H,16,17,18)/t10-/m1/s1. The number of aliphatic carboxylic acids is 1. The van der Waals surface area contributed by atoms with Crippen LogP contribution < -0.4 is 10.1 Å². The number of carbonyl (C=O) groups is 1. The first kappa shape index (κ1) is 15.2. The maximum absolute atomic E-state index is 11.3. The Morgan fingerprint density at radius 1 is 1.52 bits per heavy atom. The van der Waals surface area contributed by atoms with Gasteiger partial charge in [-0.2, -0.15) is 10.1 Å². The minimum absolute atomic E-state index is 0.0161. The Morgan fingerprint density at radius 2 is 2.30 bits per heavy atom. The van der Waals surface area contributed by atoms with E-state index >= 15 is 0 Å². The Bertz CT molecular complexity index is 802. The highest BCUT2D eigenvalue weighted by Crippen LogP contribution is 2.39. The molecule has 1 aromatic carbocycles. The van der Waals surface area contributed by atoms with Crippen molar-refractivity contribution in [1.29, 1.82) is 0 Å². The van der Waals surface area contributed by atoms with Crippen LogP contribution in [0.4, 0.5) is 5.95 Å². The number of allylic oxidation sites excluding steroid dienone is 1. The quantitative estimate of drug-likeness (QED) is 0.783. The van der Waals surface area contributed by atoms with Crippen LogP contribution in [-0.4, -0.2) is 37.6 Å². The molecule has 3 rings (SSSR count). The van der Waals surface area contributed by atoms with E-state index < -0.39 is 12.0 Å². The number of hydrogen-bond acceptors (Lipinski definition) is 6. The summed E-state index contributed by atoms with van der Waals surface area (Å²) in [6, 6.07) is 2.59. The van der Waals surface area contributed by atoms with Crippen LogP contribution in [0.3, 0.4) is 0 Å². The third-order valence-electron chi connectivity index (χ3n) is 3.33. The van der Waals surface area contributed by atoms with Crippen molar-refractivity contribution in [3.63, 3.8) is 0 Å². The lowest BCUT2D eigenvalue weighted by Gasteiger charge is -2.23. The van der Waals surface area contributed by atoms with E-state index in [1.54, 1.807) is 13.0 Å². The molecule has 2 aromatic rings. The Morgan fingerprint density at radius 3 is 3.00 bits per heavy atom. The number of nitrogens with one attached hydrogen (secondary N) is 1. The number of carboxylic acid groups (broad SMARTS) is 1. The number of phenolic OH excluding ortho intramolecular Hbond substituents is 1. The summed E-state index contributed by atoms with van der Waals surface area (Å²) in [7, 11) is 0. The van der Waals surface area contributed by atoms with Crippen LogP contribution in [0.5, 0.6) is 11.5 Å². The smallest absolute Gasteiger partial charge is 0.352 e. The molecule has 1 atom stereocenters. The van der Waals surface area contributed by atoms with Crippen LogP contribution in [0.1, 0.15) is 18.5 Å². The lowest BCUT2D eigenvalue weighted by Crippen LogP contribution is -2.24. The maximum Gasteiger partial charge on any atom is 0.352 e. The first-order valence-electron chi connectivity index (χ1n) is 6.78. The fraction of sp³-hybridized carbons (Fsp3) is 0.214. The van der Waals surface area contributed by atoms with E-state index in [1.807, 2.05) is 0 Å². The van der Waals surface area contributed by atoms with Gasteiger partial charge in [0, 0.05) is 0 Å². The Balaban J connectivity index is 2.12. The van der Waals surface area contributed by atoms with Crippen molar-refractivity contribution in [1.82, 2.24) is 14.8 Å². The summed E-state index contributed by atoms with van der Waals surface area (Å²) in [5.74, 6) is -0.746. The molecule has 1 aliphatic heterocycles. The summed E-state index contributed by atoms with van der Waals surface area (Å²) in [5.41, 5.74) is 0.598. The van der Waals surface area contributed by atoms with Crippen LogP contribution in [0.25, 0.3) is 0 Å². The second-order valence-corrected chi connectivity index (χ2v) is 5.17. The number of hydrogen-bond donors (Lipinski definition) is 3. The molecule has 3 N–H and O–H groups in total. The number of benzene rings is 1. The molecule has 23 heavy (non-hydrogen) atoms. The summed E-state index contributed by atoms with van der Waals surface area (Å²) in [5, 5.41) is 26.0. The van der Waals surface area contributed by atoms with Crippen molar-refractivity contribution in [2.45, 2.75) is 13.0 Å². The van der Waals surface area contributed by atoms with Gasteiger partial charge in [-0.05, 0) is 30.7 Å². The van der Waals surface area contributed by atoms with Gasteiger partial charge in [0.2, 0.25) is 5.95 Å². The number of fused-ring (bicyclic) bond motifs is 1. The topological polar surface area (TPSA) is 110 Å². The molecule has 0 spiro atoms. The average molecular weight is 337 g/mol. The lowest BCUT2D eigenvalue weighted by atomic mass is 10.0. The summed E-state index contributed by atoms with van der Waals surface area (Å²) in [6.07, 6.45) is 2.81. The van der Waals surface area contributed by atoms with Crippen molar-refractivity contribution in [3.05, 3.63) is 40.8 Å². The van der Waals surface area contributed by atoms with Gasteiger partial charge >= 0.3 is 5.97 Å². The van der Waals surface area contributed by atoms with Crippen LogP contribution in [0.2, 0.25) is 5.02 Å². The molecule has 0 saturated carbocycles. The number of anilines is 1. The molecule has 0 bridgehead atoms. The molecule has 120 valence electrons. The van der Waals surface area contributed by atoms with Crippen LogP contribution in [0, 0.1) is 0 Å². The molecule has 2 heterocycles. The Hall–Kier alpha value is -2.74. The second-order valence-electron chi connectivity index (χ2n) is 4.77. The Labute approximate surface area is 136 Å². The highest BCUT2D eigenvalue weighted by atomic mass is 35.5.